The van der Waals surface area contributed by atoms with Gasteiger partial charge in [0.2, 0.25) is 5.82 Å². The number of fused-ring (bicyclic) bond motifs is 1. The number of nitrogens with zero attached hydrogens (tertiary/aromatic N) is 5. The largest absolute Gasteiger partial charge is 0.352 e. The van der Waals surface area contributed by atoms with Crippen LogP contribution in [-0.4, -0.2) is 32.4 Å². The summed E-state index contributed by atoms with van der Waals surface area (Å²) in [5.74, 6) is 0.886. The van der Waals surface area contributed by atoms with Crippen LogP contribution in [0, 0.1) is 5.92 Å². The van der Waals surface area contributed by atoms with Crippen LogP contribution in [0.25, 0.3) is 5.65 Å². The molecule has 2 aromatic rings. The van der Waals surface area contributed by atoms with Gasteiger partial charge in [-0.15, -0.1) is 15.3 Å². The van der Waals surface area contributed by atoms with Crippen molar-refractivity contribution in [3.8, 4) is 0 Å². The van der Waals surface area contributed by atoms with Crippen LogP contribution < -0.4 is 4.90 Å². The monoisotopic (exact) mass is 281 g/mol. The number of piperidine rings is 1. The summed E-state index contributed by atoms with van der Waals surface area (Å²) >= 11 is 0. The van der Waals surface area contributed by atoms with Gasteiger partial charge in [0.05, 0.1) is 0 Å². The molecule has 108 valence electrons. The Labute approximate surface area is 115 Å². The van der Waals surface area contributed by atoms with E-state index in [1.54, 1.807) is 6.07 Å². The molecule has 2 unspecified atom stereocenters. The van der Waals surface area contributed by atoms with Crippen LogP contribution in [0.5, 0.6) is 0 Å². The SMILES string of the molecule is CC1CCC(C)N(c2ccc3nnc(C(F)F)n3n2)C1. The second kappa shape index (κ2) is 4.96. The van der Waals surface area contributed by atoms with Gasteiger partial charge in [-0.25, -0.2) is 8.78 Å². The van der Waals surface area contributed by atoms with Crippen LogP contribution in [-0.2, 0) is 0 Å². The van der Waals surface area contributed by atoms with Crippen molar-refractivity contribution in [1.82, 2.24) is 19.8 Å². The molecule has 5 nitrogen and oxygen atoms in total. The number of alkyl halides is 2. The highest BCUT2D eigenvalue weighted by atomic mass is 19.3. The predicted molar refractivity (Wildman–Crippen MR) is 70.9 cm³/mol. The number of anilines is 1. The lowest BCUT2D eigenvalue weighted by Crippen LogP contribution is -2.41. The van der Waals surface area contributed by atoms with Crippen molar-refractivity contribution in [2.75, 3.05) is 11.4 Å². The second-order valence-electron chi connectivity index (χ2n) is 5.50. The zero-order valence-corrected chi connectivity index (χ0v) is 11.5. The molecule has 0 radical (unpaired) electrons. The third-order valence-corrected chi connectivity index (χ3v) is 3.88. The number of aromatic nitrogens is 4. The number of hydrogen-bond acceptors (Lipinski definition) is 4. The molecule has 0 aliphatic carbocycles. The van der Waals surface area contributed by atoms with Crippen LogP contribution in [0.4, 0.5) is 14.6 Å². The van der Waals surface area contributed by atoms with E-state index >= 15 is 0 Å². The zero-order chi connectivity index (χ0) is 14.3. The Hall–Kier alpha value is -1.79. The Morgan fingerprint density at radius 1 is 1.20 bits per heavy atom. The molecule has 3 rings (SSSR count). The highest BCUT2D eigenvalue weighted by Gasteiger charge is 2.25. The summed E-state index contributed by atoms with van der Waals surface area (Å²) in [6.45, 7) is 5.23. The van der Waals surface area contributed by atoms with Gasteiger partial charge in [0.15, 0.2) is 5.65 Å². The molecular formula is C13H17F2N5. The van der Waals surface area contributed by atoms with Gasteiger partial charge in [0, 0.05) is 12.6 Å². The molecule has 0 bridgehead atoms. The molecule has 1 aliphatic heterocycles. The lowest BCUT2D eigenvalue weighted by atomic mass is 9.95. The quantitative estimate of drug-likeness (QED) is 0.849. The number of rotatable bonds is 2. The van der Waals surface area contributed by atoms with Gasteiger partial charge in [-0.2, -0.15) is 4.52 Å². The zero-order valence-electron chi connectivity index (χ0n) is 11.5. The summed E-state index contributed by atoms with van der Waals surface area (Å²) in [5.41, 5.74) is 0.349. The summed E-state index contributed by atoms with van der Waals surface area (Å²) in [5, 5.41) is 11.5. The average molecular weight is 281 g/mol. The van der Waals surface area contributed by atoms with E-state index in [0.717, 1.165) is 17.5 Å². The molecule has 0 aromatic carbocycles. The molecule has 7 heteroatoms. The molecule has 0 spiro atoms. The Kier molecular flexibility index (Phi) is 3.27. The van der Waals surface area contributed by atoms with Crippen molar-refractivity contribution in [2.24, 2.45) is 5.92 Å². The minimum absolute atomic E-state index is 0.349. The molecule has 0 N–H and O–H groups in total. The maximum absolute atomic E-state index is 12.9. The Morgan fingerprint density at radius 3 is 2.75 bits per heavy atom. The van der Waals surface area contributed by atoms with Crippen molar-refractivity contribution in [3.05, 3.63) is 18.0 Å². The minimum atomic E-state index is -2.68. The van der Waals surface area contributed by atoms with E-state index in [0.29, 0.717) is 23.4 Å². The van der Waals surface area contributed by atoms with E-state index in [4.69, 9.17) is 0 Å². The standard InChI is InChI=1S/C13H17F2N5/c1-8-3-4-9(2)19(7-8)11-6-5-10-16-17-13(12(14)15)20(10)18-11/h5-6,8-9,12H,3-4,7H2,1-2H3. The lowest BCUT2D eigenvalue weighted by molar-refractivity contribution is 0.137. The van der Waals surface area contributed by atoms with E-state index in [9.17, 15) is 8.78 Å². The normalized spacial score (nSPS) is 23.8. The molecule has 20 heavy (non-hydrogen) atoms. The predicted octanol–water partition coefficient (Wildman–Crippen LogP) is 2.69. The van der Waals surface area contributed by atoms with Gasteiger partial charge < -0.3 is 4.90 Å². The summed E-state index contributed by atoms with van der Waals surface area (Å²) in [7, 11) is 0. The highest BCUT2D eigenvalue weighted by Crippen LogP contribution is 2.26. The Morgan fingerprint density at radius 2 is 2.00 bits per heavy atom. The third kappa shape index (κ3) is 2.21. The summed E-state index contributed by atoms with van der Waals surface area (Å²) < 4.78 is 26.9. The van der Waals surface area contributed by atoms with Gasteiger partial charge in [-0.3, -0.25) is 0 Å². The fourth-order valence-electron chi connectivity index (χ4n) is 2.69. The molecule has 0 amide bonds. The Bertz CT molecular complexity index is 612. The number of halogens is 2. The second-order valence-corrected chi connectivity index (χ2v) is 5.50. The first-order chi connectivity index (χ1) is 9.56. The van der Waals surface area contributed by atoms with Crippen LogP contribution in [0.1, 0.15) is 38.9 Å². The molecule has 2 atom stereocenters. The fraction of sp³-hybridized carbons (Fsp3) is 0.615. The lowest BCUT2D eigenvalue weighted by Gasteiger charge is -2.37. The summed E-state index contributed by atoms with van der Waals surface area (Å²) in [6.07, 6.45) is -0.398. The summed E-state index contributed by atoms with van der Waals surface area (Å²) in [6, 6.07) is 3.88. The first kappa shape index (κ1) is 13.2. The van der Waals surface area contributed by atoms with E-state index in [1.165, 1.54) is 6.42 Å². The van der Waals surface area contributed by atoms with E-state index < -0.39 is 12.2 Å². The van der Waals surface area contributed by atoms with Crippen LogP contribution in [0.15, 0.2) is 12.1 Å². The molecule has 3 heterocycles. The first-order valence-electron chi connectivity index (χ1n) is 6.83. The molecule has 1 aliphatic rings. The Balaban J connectivity index is 2.01. The minimum Gasteiger partial charge on any atom is -0.352 e. The van der Waals surface area contributed by atoms with Crippen molar-refractivity contribution < 1.29 is 8.78 Å². The van der Waals surface area contributed by atoms with E-state index in [-0.39, 0.29) is 0 Å². The van der Waals surface area contributed by atoms with Crippen molar-refractivity contribution >= 4 is 11.5 Å². The van der Waals surface area contributed by atoms with E-state index in [1.807, 2.05) is 6.07 Å². The number of hydrogen-bond donors (Lipinski definition) is 0. The first-order valence-corrected chi connectivity index (χ1v) is 6.83. The average Bonchev–Trinajstić information content (AvgIpc) is 2.84. The van der Waals surface area contributed by atoms with E-state index in [2.05, 4.69) is 34.0 Å². The van der Waals surface area contributed by atoms with Gasteiger partial charge in [-0.05, 0) is 37.8 Å². The highest BCUT2D eigenvalue weighted by molar-refractivity contribution is 5.46. The molecule has 1 saturated heterocycles. The van der Waals surface area contributed by atoms with Crippen molar-refractivity contribution in [3.63, 3.8) is 0 Å². The molecule has 1 fully saturated rings. The molecule has 2 aromatic heterocycles. The summed E-state index contributed by atoms with van der Waals surface area (Å²) in [4.78, 5) is 2.17. The van der Waals surface area contributed by atoms with Gasteiger partial charge in [0.1, 0.15) is 5.82 Å². The van der Waals surface area contributed by atoms with Gasteiger partial charge in [0.25, 0.3) is 6.43 Å². The van der Waals surface area contributed by atoms with Gasteiger partial charge >= 0.3 is 0 Å². The third-order valence-electron chi connectivity index (χ3n) is 3.88. The van der Waals surface area contributed by atoms with Crippen molar-refractivity contribution in [2.45, 2.75) is 39.2 Å². The van der Waals surface area contributed by atoms with Crippen LogP contribution >= 0.6 is 0 Å². The smallest absolute Gasteiger partial charge is 0.299 e. The fourth-order valence-corrected chi connectivity index (χ4v) is 2.69. The van der Waals surface area contributed by atoms with Crippen LogP contribution in [0.3, 0.4) is 0 Å². The maximum atomic E-state index is 12.9. The van der Waals surface area contributed by atoms with Gasteiger partial charge in [-0.1, -0.05) is 6.92 Å². The van der Waals surface area contributed by atoms with Crippen LogP contribution in [0.2, 0.25) is 0 Å². The molecular weight excluding hydrogens is 264 g/mol. The van der Waals surface area contributed by atoms with Crippen molar-refractivity contribution in [1.29, 1.82) is 0 Å². The molecule has 0 saturated carbocycles. The maximum Gasteiger partial charge on any atom is 0.299 e. The topological polar surface area (TPSA) is 46.3 Å².